The second kappa shape index (κ2) is 6.27. The second-order valence-corrected chi connectivity index (χ2v) is 4.29. The maximum atomic E-state index is 12.8. The number of aliphatic hydroxyl groups excluding tert-OH is 1. The molecule has 2 unspecified atom stereocenters. The van der Waals surface area contributed by atoms with Gasteiger partial charge in [0.25, 0.3) is 0 Å². The molecule has 19 heavy (non-hydrogen) atoms. The van der Waals surface area contributed by atoms with Crippen molar-refractivity contribution in [2.24, 2.45) is 5.92 Å². The van der Waals surface area contributed by atoms with E-state index in [0.717, 1.165) is 0 Å². The Morgan fingerprint density at radius 1 is 1.47 bits per heavy atom. The predicted molar refractivity (Wildman–Crippen MR) is 59.8 cm³/mol. The lowest BCUT2D eigenvalue weighted by molar-refractivity contribution is -0.196. The zero-order valence-corrected chi connectivity index (χ0v) is 10.8. The molecule has 0 aromatic heterocycles. The number of carbonyl (C=O) groups excluding carboxylic acids is 1. The molecule has 0 fully saturated rings. The number of esters is 1. The third kappa shape index (κ3) is 3.86. The summed E-state index contributed by atoms with van der Waals surface area (Å²) in [7, 11) is 0. The first-order chi connectivity index (χ1) is 8.81. The maximum absolute atomic E-state index is 12.8. The Kier molecular flexibility index (Phi) is 5.22. The van der Waals surface area contributed by atoms with E-state index in [1.54, 1.807) is 0 Å². The lowest BCUT2D eigenvalue weighted by Gasteiger charge is -2.31. The number of aliphatic hydroxyl groups is 1. The van der Waals surface area contributed by atoms with E-state index in [2.05, 4.69) is 9.47 Å². The molecule has 0 saturated carbocycles. The van der Waals surface area contributed by atoms with Crippen LogP contribution in [0, 0.1) is 5.92 Å². The summed E-state index contributed by atoms with van der Waals surface area (Å²) < 4.78 is 47.4. The van der Waals surface area contributed by atoms with Gasteiger partial charge < -0.3 is 14.6 Å². The normalized spacial score (nSPS) is 24.1. The number of alkyl halides is 3. The number of rotatable bonds is 4. The standard InChI is InChI=1S/C12H17F3O4/c1-3-5-7-6-8(11(17)18-4-2)9(12(13,14)15)19-10(7)16/h7,10,16H,3-6H2,1-2H3. The van der Waals surface area contributed by atoms with Gasteiger partial charge in [-0.25, -0.2) is 4.79 Å². The molecule has 1 heterocycles. The Balaban J connectivity index is 3.07. The van der Waals surface area contributed by atoms with Gasteiger partial charge in [0.05, 0.1) is 12.2 Å². The molecule has 0 aromatic rings. The van der Waals surface area contributed by atoms with Crippen LogP contribution in [0.3, 0.4) is 0 Å². The molecular weight excluding hydrogens is 265 g/mol. The SMILES string of the molecule is CCCC1CC(C(=O)OCC)=C(C(F)(F)F)OC1O. The molecule has 0 amide bonds. The van der Waals surface area contributed by atoms with Gasteiger partial charge in [-0.3, -0.25) is 0 Å². The molecule has 7 heteroatoms. The zero-order valence-electron chi connectivity index (χ0n) is 10.8. The lowest BCUT2D eigenvalue weighted by atomic mass is 9.91. The Labute approximate surface area is 109 Å². The van der Waals surface area contributed by atoms with E-state index >= 15 is 0 Å². The first-order valence-electron chi connectivity index (χ1n) is 6.13. The summed E-state index contributed by atoms with van der Waals surface area (Å²) in [6.45, 7) is 3.32. The Morgan fingerprint density at radius 3 is 2.58 bits per heavy atom. The minimum absolute atomic E-state index is 0.0194. The summed E-state index contributed by atoms with van der Waals surface area (Å²) in [6, 6.07) is 0. The molecule has 0 saturated heterocycles. The summed E-state index contributed by atoms with van der Waals surface area (Å²) in [6.07, 6.45) is -5.42. The fourth-order valence-corrected chi connectivity index (χ4v) is 1.99. The molecule has 4 nitrogen and oxygen atoms in total. The van der Waals surface area contributed by atoms with Crippen LogP contribution in [0.15, 0.2) is 11.3 Å². The average Bonchev–Trinajstić information content (AvgIpc) is 2.30. The first-order valence-corrected chi connectivity index (χ1v) is 6.13. The van der Waals surface area contributed by atoms with E-state index in [-0.39, 0.29) is 13.0 Å². The number of allylic oxidation sites excluding steroid dienone is 1. The number of hydrogen-bond donors (Lipinski definition) is 1. The molecule has 110 valence electrons. The largest absolute Gasteiger partial charge is 0.463 e. The van der Waals surface area contributed by atoms with E-state index < -0.39 is 35.7 Å². The van der Waals surface area contributed by atoms with Crippen LogP contribution in [-0.2, 0) is 14.3 Å². The van der Waals surface area contributed by atoms with Crippen LogP contribution in [0.25, 0.3) is 0 Å². The van der Waals surface area contributed by atoms with Crippen molar-refractivity contribution < 1.29 is 32.5 Å². The van der Waals surface area contributed by atoms with Gasteiger partial charge in [0, 0.05) is 5.92 Å². The number of ether oxygens (including phenoxy) is 2. The molecular formula is C12H17F3O4. The minimum atomic E-state index is -4.82. The molecule has 0 bridgehead atoms. The van der Waals surface area contributed by atoms with Crippen LogP contribution in [0.5, 0.6) is 0 Å². The highest BCUT2D eigenvalue weighted by atomic mass is 19.4. The van der Waals surface area contributed by atoms with Crippen LogP contribution in [-0.4, -0.2) is 30.1 Å². The summed E-state index contributed by atoms with van der Waals surface area (Å²) >= 11 is 0. The van der Waals surface area contributed by atoms with Gasteiger partial charge in [0.2, 0.25) is 12.0 Å². The molecule has 1 N–H and O–H groups in total. The smallest absolute Gasteiger partial charge is 0.449 e. The van der Waals surface area contributed by atoms with E-state index in [0.29, 0.717) is 12.8 Å². The monoisotopic (exact) mass is 282 g/mol. The van der Waals surface area contributed by atoms with Gasteiger partial charge in [-0.1, -0.05) is 13.3 Å². The molecule has 0 aromatic carbocycles. The maximum Gasteiger partial charge on any atom is 0.449 e. The minimum Gasteiger partial charge on any atom is -0.463 e. The van der Waals surface area contributed by atoms with Crippen molar-refractivity contribution in [2.45, 2.75) is 45.6 Å². The van der Waals surface area contributed by atoms with Crippen molar-refractivity contribution in [3.05, 3.63) is 11.3 Å². The summed E-state index contributed by atoms with van der Waals surface area (Å²) in [5, 5.41) is 9.55. The van der Waals surface area contributed by atoms with E-state index in [1.165, 1.54) is 6.92 Å². The number of halogens is 3. The van der Waals surface area contributed by atoms with Crippen molar-refractivity contribution in [1.29, 1.82) is 0 Å². The molecule has 1 aliphatic heterocycles. The van der Waals surface area contributed by atoms with Crippen LogP contribution < -0.4 is 0 Å². The third-order valence-corrected chi connectivity index (χ3v) is 2.82. The van der Waals surface area contributed by atoms with Crippen LogP contribution >= 0.6 is 0 Å². The quantitative estimate of drug-likeness (QED) is 0.805. The van der Waals surface area contributed by atoms with Crippen LogP contribution in [0.2, 0.25) is 0 Å². The van der Waals surface area contributed by atoms with Gasteiger partial charge in [0.15, 0.2) is 0 Å². The van der Waals surface area contributed by atoms with E-state index in [9.17, 15) is 23.1 Å². The summed E-state index contributed by atoms with van der Waals surface area (Å²) in [4.78, 5) is 11.6. The predicted octanol–water partition coefficient (Wildman–Crippen LogP) is 2.52. The van der Waals surface area contributed by atoms with Crippen molar-refractivity contribution in [1.82, 2.24) is 0 Å². The van der Waals surface area contributed by atoms with Gasteiger partial charge in [0.1, 0.15) is 0 Å². The average molecular weight is 282 g/mol. The highest BCUT2D eigenvalue weighted by Crippen LogP contribution is 2.39. The van der Waals surface area contributed by atoms with Gasteiger partial charge >= 0.3 is 12.1 Å². The Morgan fingerprint density at radius 2 is 2.11 bits per heavy atom. The first kappa shape index (κ1) is 15.8. The van der Waals surface area contributed by atoms with E-state index in [1.807, 2.05) is 6.92 Å². The molecule has 1 aliphatic rings. The van der Waals surface area contributed by atoms with Crippen LogP contribution in [0.4, 0.5) is 13.2 Å². The lowest BCUT2D eigenvalue weighted by Crippen LogP contribution is -2.36. The number of carbonyl (C=O) groups is 1. The van der Waals surface area contributed by atoms with Crippen LogP contribution in [0.1, 0.15) is 33.1 Å². The Hall–Kier alpha value is -1.24. The van der Waals surface area contributed by atoms with Gasteiger partial charge in [-0.05, 0) is 19.8 Å². The van der Waals surface area contributed by atoms with Gasteiger partial charge in [-0.15, -0.1) is 0 Å². The molecule has 0 aliphatic carbocycles. The zero-order chi connectivity index (χ0) is 14.6. The van der Waals surface area contributed by atoms with E-state index in [4.69, 9.17) is 0 Å². The topological polar surface area (TPSA) is 55.8 Å². The van der Waals surface area contributed by atoms with Crippen molar-refractivity contribution in [2.75, 3.05) is 6.61 Å². The summed E-state index contributed by atoms with van der Waals surface area (Å²) in [5.74, 6) is -3.01. The third-order valence-electron chi connectivity index (χ3n) is 2.82. The highest BCUT2D eigenvalue weighted by molar-refractivity contribution is 5.89. The highest BCUT2D eigenvalue weighted by Gasteiger charge is 2.46. The fourth-order valence-electron chi connectivity index (χ4n) is 1.99. The fraction of sp³-hybridized carbons (Fsp3) is 0.750. The molecule has 0 spiro atoms. The molecule has 1 rings (SSSR count). The Bertz CT molecular complexity index is 362. The molecule has 0 radical (unpaired) electrons. The van der Waals surface area contributed by atoms with Crippen molar-refractivity contribution in [3.63, 3.8) is 0 Å². The number of hydrogen-bond acceptors (Lipinski definition) is 4. The molecule has 2 atom stereocenters. The van der Waals surface area contributed by atoms with Gasteiger partial charge in [-0.2, -0.15) is 13.2 Å². The van der Waals surface area contributed by atoms with Crippen molar-refractivity contribution in [3.8, 4) is 0 Å². The van der Waals surface area contributed by atoms with Crippen molar-refractivity contribution >= 4 is 5.97 Å². The summed E-state index contributed by atoms with van der Waals surface area (Å²) in [5.41, 5.74) is -0.543. The second-order valence-electron chi connectivity index (χ2n) is 4.29.